The number of carbonyl (C=O) groups excluding carboxylic acids is 2. The molecule has 0 aromatic heterocycles. The van der Waals surface area contributed by atoms with Crippen LogP contribution in [0.5, 0.6) is 0 Å². The topological polar surface area (TPSA) is 40.6 Å². The molecule has 2 fully saturated rings. The Morgan fingerprint density at radius 3 is 2.50 bits per heavy atom. The molecule has 130 valence electrons. The van der Waals surface area contributed by atoms with Gasteiger partial charge in [0, 0.05) is 37.4 Å². The maximum absolute atomic E-state index is 12.9. The molecule has 2 heterocycles. The van der Waals surface area contributed by atoms with Gasteiger partial charge in [-0.3, -0.25) is 9.59 Å². The van der Waals surface area contributed by atoms with Crippen molar-refractivity contribution < 1.29 is 9.59 Å². The molecule has 5 heteroatoms. The first-order chi connectivity index (χ1) is 11.7. The van der Waals surface area contributed by atoms with Crippen LogP contribution in [-0.4, -0.2) is 51.9 Å². The Morgan fingerprint density at radius 2 is 1.83 bits per heavy atom. The standard InChI is InChI=1S/C19H26N2O2S/c1-2-3-9-17(22)20-12-10-19(11-13-20)21(14-15-24-19)18(23)16-7-5-4-6-8-16/h4-8H,2-3,9-15H2,1H3. The molecule has 0 bridgehead atoms. The number of unbranched alkanes of at least 4 members (excludes halogenated alkanes) is 1. The van der Waals surface area contributed by atoms with Gasteiger partial charge in [-0.25, -0.2) is 0 Å². The number of nitrogens with zero attached hydrogens (tertiary/aromatic N) is 2. The Labute approximate surface area is 148 Å². The van der Waals surface area contributed by atoms with E-state index in [-0.39, 0.29) is 16.7 Å². The van der Waals surface area contributed by atoms with E-state index in [0.717, 1.165) is 56.6 Å². The Kier molecular flexibility index (Phi) is 5.49. The number of benzene rings is 1. The highest BCUT2D eigenvalue weighted by Crippen LogP contribution is 2.44. The maximum Gasteiger partial charge on any atom is 0.254 e. The first-order valence-electron chi connectivity index (χ1n) is 8.95. The van der Waals surface area contributed by atoms with Crippen LogP contribution in [0.2, 0.25) is 0 Å². The minimum Gasteiger partial charge on any atom is -0.342 e. The van der Waals surface area contributed by atoms with Gasteiger partial charge in [0.2, 0.25) is 5.91 Å². The third-order valence-corrected chi connectivity index (χ3v) is 6.64. The normalized spacial score (nSPS) is 19.7. The summed E-state index contributed by atoms with van der Waals surface area (Å²) in [7, 11) is 0. The average Bonchev–Trinajstić information content (AvgIpc) is 3.03. The minimum absolute atomic E-state index is 0.117. The molecule has 3 rings (SSSR count). The first kappa shape index (κ1) is 17.3. The molecule has 2 amide bonds. The Balaban J connectivity index is 1.66. The molecule has 1 aromatic carbocycles. The van der Waals surface area contributed by atoms with Crippen molar-refractivity contribution in [2.45, 2.75) is 43.9 Å². The van der Waals surface area contributed by atoms with Gasteiger partial charge in [0.15, 0.2) is 0 Å². The fourth-order valence-corrected chi connectivity index (χ4v) is 5.09. The number of rotatable bonds is 4. The van der Waals surface area contributed by atoms with Crippen molar-refractivity contribution in [1.82, 2.24) is 9.80 Å². The van der Waals surface area contributed by atoms with Crippen LogP contribution >= 0.6 is 11.8 Å². The monoisotopic (exact) mass is 346 g/mol. The van der Waals surface area contributed by atoms with Crippen LogP contribution in [0.3, 0.4) is 0 Å². The molecule has 24 heavy (non-hydrogen) atoms. The molecule has 0 saturated carbocycles. The maximum atomic E-state index is 12.9. The number of thioether (sulfide) groups is 1. The molecule has 1 spiro atoms. The van der Waals surface area contributed by atoms with Gasteiger partial charge < -0.3 is 9.80 Å². The van der Waals surface area contributed by atoms with Gasteiger partial charge in [-0.15, -0.1) is 11.8 Å². The fraction of sp³-hybridized carbons (Fsp3) is 0.579. The molecule has 0 radical (unpaired) electrons. The summed E-state index contributed by atoms with van der Waals surface area (Å²) >= 11 is 1.90. The van der Waals surface area contributed by atoms with E-state index < -0.39 is 0 Å². The van der Waals surface area contributed by atoms with E-state index >= 15 is 0 Å². The number of piperidine rings is 1. The molecule has 0 unspecified atom stereocenters. The van der Waals surface area contributed by atoms with Gasteiger partial charge in [0.1, 0.15) is 0 Å². The van der Waals surface area contributed by atoms with Crippen LogP contribution in [0.25, 0.3) is 0 Å². The summed E-state index contributed by atoms with van der Waals surface area (Å²) in [6.45, 7) is 4.46. The van der Waals surface area contributed by atoms with Crippen LogP contribution in [0.15, 0.2) is 30.3 Å². The number of likely N-dealkylation sites (tertiary alicyclic amines) is 1. The molecule has 1 aromatic rings. The molecule has 0 atom stereocenters. The van der Waals surface area contributed by atoms with Gasteiger partial charge in [-0.1, -0.05) is 31.5 Å². The van der Waals surface area contributed by atoms with Crippen LogP contribution in [0.1, 0.15) is 49.4 Å². The highest BCUT2D eigenvalue weighted by atomic mass is 32.2. The summed E-state index contributed by atoms with van der Waals surface area (Å²) < 4.78 is 0. The van der Waals surface area contributed by atoms with Crippen LogP contribution < -0.4 is 0 Å². The van der Waals surface area contributed by atoms with Crippen molar-refractivity contribution in [2.24, 2.45) is 0 Å². The summed E-state index contributed by atoms with van der Waals surface area (Å²) in [6, 6.07) is 9.55. The molecule has 0 aliphatic carbocycles. The molecule has 2 aliphatic rings. The largest absolute Gasteiger partial charge is 0.342 e. The van der Waals surface area contributed by atoms with Crippen LogP contribution in [0.4, 0.5) is 0 Å². The van der Waals surface area contributed by atoms with Gasteiger partial charge in [-0.05, 0) is 31.4 Å². The summed E-state index contributed by atoms with van der Waals surface area (Å²) in [5, 5.41) is 0. The average molecular weight is 346 g/mol. The van der Waals surface area contributed by atoms with Crippen molar-refractivity contribution in [1.29, 1.82) is 0 Å². The zero-order valence-electron chi connectivity index (χ0n) is 14.4. The van der Waals surface area contributed by atoms with Crippen molar-refractivity contribution in [2.75, 3.05) is 25.4 Å². The lowest BCUT2D eigenvalue weighted by molar-refractivity contribution is -0.132. The quantitative estimate of drug-likeness (QED) is 0.839. The summed E-state index contributed by atoms with van der Waals surface area (Å²) in [5.74, 6) is 1.39. The predicted octanol–water partition coefficient (Wildman–Crippen LogP) is 3.38. The Morgan fingerprint density at radius 1 is 1.12 bits per heavy atom. The second kappa shape index (κ2) is 7.60. The van der Waals surface area contributed by atoms with E-state index in [2.05, 4.69) is 11.8 Å². The van der Waals surface area contributed by atoms with E-state index in [1.54, 1.807) is 0 Å². The molecular formula is C19H26N2O2S. The van der Waals surface area contributed by atoms with Gasteiger partial charge in [0.25, 0.3) is 5.91 Å². The van der Waals surface area contributed by atoms with E-state index in [4.69, 9.17) is 0 Å². The molecular weight excluding hydrogens is 320 g/mol. The van der Waals surface area contributed by atoms with Crippen LogP contribution in [0, 0.1) is 0 Å². The lowest BCUT2D eigenvalue weighted by Crippen LogP contribution is -2.53. The Bertz CT molecular complexity index is 582. The minimum atomic E-state index is -0.117. The van der Waals surface area contributed by atoms with Crippen molar-refractivity contribution in [3.05, 3.63) is 35.9 Å². The molecule has 4 nitrogen and oxygen atoms in total. The Hall–Kier alpha value is -1.49. The van der Waals surface area contributed by atoms with Gasteiger partial charge >= 0.3 is 0 Å². The van der Waals surface area contributed by atoms with E-state index in [1.807, 2.05) is 47.0 Å². The molecule has 0 N–H and O–H groups in total. The fourth-order valence-electron chi connectivity index (χ4n) is 3.64. The summed E-state index contributed by atoms with van der Waals surface area (Å²) in [4.78, 5) is 29.1. The zero-order valence-corrected chi connectivity index (χ0v) is 15.2. The van der Waals surface area contributed by atoms with E-state index in [1.165, 1.54) is 0 Å². The highest BCUT2D eigenvalue weighted by Gasteiger charge is 2.46. The van der Waals surface area contributed by atoms with Gasteiger partial charge in [0.05, 0.1) is 4.87 Å². The lowest BCUT2D eigenvalue weighted by atomic mass is 10.0. The molecule has 2 aliphatic heterocycles. The van der Waals surface area contributed by atoms with Crippen molar-refractivity contribution >= 4 is 23.6 Å². The third-order valence-electron chi connectivity index (χ3n) is 5.09. The zero-order chi connectivity index (χ0) is 17.0. The number of amides is 2. The van der Waals surface area contributed by atoms with Crippen molar-refractivity contribution in [3.8, 4) is 0 Å². The summed E-state index contributed by atoms with van der Waals surface area (Å²) in [6.07, 6.45) is 4.44. The second-order valence-electron chi connectivity index (χ2n) is 6.60. The SMILES string of the molecule is CCCCC(=O)N1CCC2(CC1)SCCN2C(=O)c1ccccc1. The van der Waals surface area contributed by atoms with Crippen LogP contribution in [-0.2, 0) is 4.79 Å². The number of hydrogen-bond acceptors (Lipinski definition) is 3. The highest BCUT2D eigenvalue weighted by molar-refractivity contribution is 8.00. The molecule has 2 saturated heterocycles. The second-order valence-corrected chi connectivity index (χ2v) is 8.06. The van der Waals surface area contributed by atoms with Gasteiger partial charge in [-0.2, -0.15) is 0 Å². The summed E-state index contributed by atoms with van der Waals surface area (Å²) in [5.41, 5.74) is 0.765. The first-order valence-corrected chi connectivity index (χ1v) is 9.93. The number of carbonyl (C=O) groups is 2. The predicted molar refractivity (Wildman–Crippen MR) is 98.0 cm³/mol. The smallest absolute Gasteiger partial charge is 0.254 e. The van der Waals surface area contributed by atoms with E-state index in [0.29, 0.717) is 6.42 Å². The van der Waals surface area contributed by atoms with E-state index in [9.17, 15) is 9.59 Å². The van der Waals surface area contributed by atoms with Crippen molar-refractivity contribution in [3.63, 3.8) is 0 Å². The number of hydrogen-bond donors (Lipinski definition) is 0. The lowest BCUT2D eigenvalue weighted by Gasteiger charge is -2.44. The third kappa shape index (κ3) is 3.46.